The minimum absolute atomic E-state index is 0.00749. The van der Waals surface area contributed by atoms with E-state index in [-0.39, 0.29) is 17.8 Å². The lowest BCUT2D eigenvalue weighted by Gasteiger charge is -2.39. The smallest absolute Gasteiger partial charge is 0.308 e. The Bertz CT molecular complexity index is 862. The Hall–Kier alpha value is -2.07. The Morgan fingerprint density at radius 1 is 1.36 bits per heavy atom. The largest absolute Gasteiger partial charge is 0.465 e. The van der Waals surface area contributed by atoms with E-state index in [0.29, 0.717) is 12.6 Å². The number of likely N-dealkylation sites (N-methyl/N-ethyl adjacent to an activating group) is 1. The highest BCUT2D eigenvalue weighted by Gasteiger charge is 2.34. The summed E-state index contributed by atoms with van der Waals surface area (Å²) >= 11 is 0. The highest BCUT2D eigenvalue weighted by atomic mass is 16.5. The van der Waals surface area contributed by atoms with Crippen molar-refractivity contribution in [3.05, 3.63) is 41.6 Å². The molecule has 1 saturated carbocycles. The van der Waals surface area contributed by atoms with Crippen LogP contribution in [0.2, 0.25) is 0 Å². The fourth-order valence-corrected chi connectivity index (χ4v) is 4.60. The second-order valence-electron chi connectivity index (χ2n) is 7.84. The lowest BCUT2D eigenvalue weighted by atomic mass is 9.80. The summed E-state index contributed by atoms with van der Waals surface area (Å²) in [4.78, 5) is 17.9. The summed E-state index contributed by atoms with van der Waals surface area (Å²) in [6.07, 6.45) is 8.75. The molecule has 5 rings (SSSR count). The van der Waals surface area contributed by atoms with Gasteiger partial charge in [-0.25, -0.2) is 0 Å². The van der Waals surface area contributed by atoms with Crippen LogP contribution in [0.15, 0.2) is 30.5 Å². The highest BCUT2D eigenvalue weighted by molar-refractivity contribution is 5.98. The van der Waals surface area contributed by atoms with E-state index in [1.807, 2.05) is 0 Å². The number of hydrogen-bond donors (Lipinski definition) is 1. The van der Waals surface area contributed by atoms with Crippen molar-refractivity contribution < 1.29 is 9.53 Å². The fourth-order valence-electron chi connectivity index (χ4n) is 4.60. The molecule has 2 atom stereocenters. The van der Waals surface area contributed by atoms with Gasteiger partial charge in [-0.1, -0.05) is 24.6 Å². The van der Waals surface area contributed by atoms with Crippen molar-refractivity contribution in [3.63, 3.8) is 0 Å². The highest BCUT2D eigenvalue weighted by Crippen LogP contribution is 2.40. The molecule has 1 fully saturated rings. The number of carbonyl (C=O) groups excluding carboxylic acids is 1. The molecule has 4 heteroatoms. The average Bonchev–Trinajstić information content (AvgIpc) is 2.97. The molecular formula is C21H24N2O2. The molecule has 0 spiro atoms. The maximum Gasteiger partial charge on any atom is 0.308 e. The van der Waals surface area contributed by atoms with Gasteiger partial charge in [0.15, 0.2) is 0 Å². The van der Waals surface area contributed by atoms with E-state index in [1.165, 1.54) is 34.0 Å². The van der Waals surface area contributed by atoms with Crippen molar-refractivity contribution in [2.45, 2.75) is 31.7 Å². The van der Waals surface area contributed by atoms with Crippen LogP contribution in [0.25, 0.3) is 16.5 Å². The summed E-state index contributed by atoms with van der Waals surface area (Å²) in [7, 11) is 2.19. The molecular weight excluding hydrogens is 312 g/mol. The first-order valence-electron chi connectivity index (χ1n) is 9.38. The molecule has 1 aliphatic heterocycles. The van der Waals surface area contributed by atoms with Crippen LogP contribution in [0.4, 0.5) is 0 Å². The van der Waals surface area contributed by atoms with Crippen LogP contribution < -0.4 is 0 Å². The van der Waals surface area contributed by atoms with Gasteiger partial charge < -0.3 is 9.72 Å². The number of nitrogens with one attached hydrogen (secondary N) is 1. The fraction of sp³-hybridized carbons (Fsp3) is 0.476. The van der Waals surface area contributed by atoms with E-state index in [9.17, 15) is 4.79 Å². The minimum Gasteiger partial charge on any atom is -0.465 e. The zero-order chi connectivity index (χ0) is 17.0. The van der Waals surface area contributed by atoms with Crippen LogP contribution in [0.1, 0.15) is 30.4 Å². The Kier molecular flexibility index (Phi) is 3.49. The van der Waals surface area contributed by atoms with Gasteiger partial charge in [-0.15, -0.1) is 0 Å². The second kappa shape index (κ2) is 5.73. The molecule has 4 nitrogen and oxygen atoms in total. The number of ether oxygens (including phenoxy) is 1. The van der Waals surface area contributed by atoms with E-state index in [2.05, 4.69) is 47.4 Å². The van der Waals surface area contributed by atoms with Crippen molar-refractivity contribution in [2.24, 2.45) is 11.8 Å². The topological polar surface area (TPSA) is 45.3 Å². The van der Waals surface area contributed by atoms with Gasteiger partial charge >= 0.3 is 5.97 Å². The number of fused-ring (bicyclic) bond motifs is 2. The summed E-state index contributed by atoms with van der Waals surface area (Å²) in [6.45, 7) is 1.45. The van der Waals surface area contributed by atoms with Crippen molar-refractivity contribution >= 4 is 22.4 Å². The van der Waals surface area contributed by atoms with Gasteiger partial charge in [0.1, 0.15) is 0 Å². The molecule has 2 heterocycles. The van der Waals surface area contributed by atoms with Gasteiger partial charge in [-0.2, -0.15) is 0 Å². The SMILES string of the molecule is CN1C[C@H](COC(=O)C2CCC2)C=C2c3cccc4[nH]cc(c34)C[C@H]21. The summed E-state index contributed by atoms with van der Waals surface area (Å²) in [5.41, 5.74) is 5.37. The number of rotatable bonds is 3. The number of hydrogen-bond acceptors (Lipinski definition) is 3. The number of aromatic nitrogens is 1. The molecule has 0 saturated heterocycles. The molecule has 0 unspecified atom stereocenters. The zero-order valence-corrected chi connectivity index (χ0v) is 14.6. The van der Waals surface area contributed by atoms with Crippen LogP contribution in [0.5, 0.6) is 0 Å². The van der Waals surface area contributed by atoms with Gasteiger partial charge in [0.2, 0.25) is 0 Å². The first-order chi connectivity index (χ1) is 12.2. The minimum atomic E-state index is 0.00749. The third-order valence-corrected chi connectivity index (χ3v) is 6.22. The Balaban J connectivity index is 1.43. The molecule has 130 valence electrons. The average molecular weight is 336 g/mol. The van der Waals surface area contributed by atoms with Gasteiger partial charge in [-0.3, -0.25) is 9.69 Å². The monoisotopic (exact) mass is 336 g/mol. The lowest BCUT2D eigenvalue weighted by molar-refractivity contribution is -0.152. The molecule has 2 aliphatic carbocycles. The third kappa shape index (κ3) is 2.43. The van der Waals surface area contributed by atoms with Crippen LogP contribution in [0, 0.1) is 11.8 Å². The predicted molar refractivity (Wildman–Crippen MR) is 98.2 cm³/mol. The van der Waals surface area contributed by atoms with E-state index in [1.54, 1.807) is 0 Å². The van der Waals surface area contributed by atoms with Crippen molar-refractivity contribution in [2.75, 3.05) is 20.2 Å². The standard InChI is InChI=1S/C21H24N2O2/c1-23-11-13(12-25-21(24)14-4-2-5-14)8-17-16-6-3-7-18-20(16)15(10-22-18)9-19(17)23/h3,6-8,10,13-14,19,22H,2,4-5,9,11-12H2,1H3/t13-,19-/m1/s1. The molecule has 1 aromatic heterocycles. The summed E-state index contributed by atoms with van der Waals surface area (Å²) < 4.78 is 5.62. The van der Waals surface area contributed by atoms with Crippen molar-refractivity contribution in [3.8, 4) is 0 Å². The first kappa shape index (κ1) is 15.2. The summed E-state index contributed by atoms with van der Waals surface area (Å²) in [5.74, 6) is 0.441. The van der Waals surface area contributed by atoms with Gasteiger partial charge in [0, 0.05) is 35.6 Å². The van der Waals surface area contributed by atoms with Crippen LogP contribution in [-0.2, 0) is 16.0 Å². The number of benzene rings is 1. The first-order valence-corrected chi connectivity index (χ1v) is 9.38. The van der Waals surface area contributed by atoms with E-state index >= 15 is 0 Å². The predicted octanol–water partition coefficient (Wildman–Crippen LogP) is 3.38. The van der Waals surface area contributed by atoms with E-state index < -0.39 is 0 Å². The molecule has 25 heavy (non-hydrogen) atoms. The number of esters is 1. The Morgan fingerprint density at radius 3 is 3.04 bits per heavy atom. The maximum absolute atomic E-state index is 12.1. The molecule has 1 N–H and O–H groups in total. The third-order valence-electron chi connectivity index (χ3n) is 6.22. The Morgan fingerprint density at radius 2 is 2.24 bits per heavy atom. The number of carbonyl (C=O) groups is 1. The van der Waals surface area contributed by atoms with Crippen molar-refractivity contribution in [1.82, 2.24) is 9.88 Å². The maximum atomic E-state index is 12.1. The van der Waals surface area contributed by atoms with E-state index in [0.717, 1.165) is 25.8 Å². The van der Waals surface area contributed by atoms with Crippen LogP contribution >= 0.6 is 0 Å². The lowest BCUT2D eigenvalue weighted by Crippen LogP contribution is -2.43. The van der Waals surface area contributed by atoms with Crippen LogP contribution in [0.3, 0.4) is 0 Å². The van der Waals surface area contributed by atoms with Gasteiger partial charge in [0.25, 0.3) is 0 Å². The van der Waals surface area contributed by atoms with Crippen molar-refractivity contribution in [1.29, 1.82) is 0 Å². The molecule has 0 radical (unpaired) electrons. The summed E-state index contributed by atoms with van der Waals surface area (Å²) in [5, 5.41) is 1.37. The van der Waals surface area contributed by atoms with Gasteiger partial charge in [0.05, 0.1) is 12.5 Å². The number of nitrogens with zero attached hydrogens (tertiary/aromatic N) is 1. The normalized spacial score (nSPS) is 26.0. The molecule has 0 bridgehead atoms. The van der Waals surface area contributed by atoms with Gasteiger partial charge in [-0.05, 0) is 49.1 Å². The Labute approximate surface area is 147 Å². The zero-order valence-electron chi connectivity index (χ0n) is 14.6. The molecule has 2 aromatic rings. The second-order valence-corrected chi connectivity index (χ2v) is 7.84. The molecule has 1 aromatic carbocycles. The van der Waals surface area contributed by atoms with E-state index in [4.69, 9.17) is 4.74 Å². The summed E-state index contributed by atoms with van der Waals surface area (Å²) in [6, 6.07) is 6.93. The molecule has 3 aliphatic rings. The molecule has 0 amide bonds. The number of aromatic amines is 1. The van der Waals surface area contributed by atoms with Crippen LogP contribution in [-0.4, -0.2) is 42.1 Å². The quantitative estimate of drug-likeness (QED) is 0.874. The number of H-pyrrole nitrogens is 1.